The number of fused-ring (bicyclic) bond motifs is 1. The van der Waals surface area contributed by atoms with Gasteiger partial charge in [-0.3, -0.25) is 0 Å². The second-order valence-corrected chi connectivity index (χ2v) is 6.13. The molecule has 2 rings (SSSR count). The first-order chi connectivity index (χ1) is 10.1. The molecule has 2 atom stereocenters. The highest BCUT2D eigenvalue weighted by Gasteiger charge is 2.25. The molecule has 21 heavy (non-hydrogen) atoms. The number of aliphatic hydroxyl groups excluding tert-OH is 1. The molecule has 1 aromatic rings. The Morgan fingerprint density at radius 2 is 2.38 bits per heavy atom. The van der Waals surface area contributed by atoms with E-state index in [9.17, 15) is 9.18 Å². The Morgan fingerprint density at radius 3 is 3.10 bits per heavy atom. The number of urea groups is 1. The van der Waals surface area contributed by atoms with Crippen LogP contribution in [-0.4, -0.2) is 35.8 Å². The predicted octanol–water partition coefficient (Wildman–Crippen LogP) is 2.23. The highest BCUT2D eigenvalue weighted by atomic mass is 32.2. The number of hydrogen-bond donors (Lipinski definition) is 3. The summed E-state index contributed by atoms with van der Waals surface area (Å²) in [5.41, 5.74) is 1.96. The molecule has 0 fully saturated rings. The third kappa shape index (κ3) is 4.35. The molecule has 4 nitrogen and oxygen atoms in total. The van der Waals surface area contributed by atoms with Gasteiger partial charge < -0.3 is 15.7 Å². The molecule has 6 heteroatoms. The van der Waals surface area contributed by atoms with Crippen LogP contribution < -0.4 is 10.6 Å². The Balaban J connectivity index is 1.94. The van der Waals surface area contributed by atoms with Crippen LogP contribution in [0.1, 0.15) is 30.0 Å². The zero-order valence-corrected chi connectivity index (χ0v) is 12.9. The SMILES string of the molecule is CSCC(CCO)NC(=O)NC1CCc2ccc(F)cc21. The van der Waals surface area contributed by atoms with Gasteiger partial charge in [0.1, 0.15) is 5.82 Å². The van der Waals surface area contributed by atoms with E-state index in [0.717, 1.165) is 29.7 Å². The van der Waals surface area contributed by atoms with E-state index in [4.69, 9.17) is 5.11 Å². The number of aliphatic hydroxyl groups is 1. The van der Waals surface area contributed by atoms with E-state index in [1.165, 1.54) is 12.1 Å². The maximum atomic E-state index is 13.3. The minimum absolute atomic E-state index is 0.0446. The summed E-state index contributed by atoms with van der Waals surface area (Å²) in [6.45, 7) is 0.0446. The van der Waals surface area contributed by atoms with E-state index >= 15 is 0 Å². The van der Waals surface area contributed by atoms with E-state index in [0.29, 0.717) is 6.42 Å². The molecule has 0 aliphatic heterocycles. The minimum Gasteiger partial charge on any atom is -0.396 e. The molecule has 1 aliphatic carbocycles. The smallest absolute Gasteiger partial charge is 0.315 e. The van der Waals surface area contributed by atoms with Gasteiger partial charge in [0.15, 0.2) is 0 Å². The van der Waals surface area contributed by atoms with Gasteiger partial charge in [-0.15, -0.1) is 0 Å². The van der Waals surface area contributed by atoms with Crippen LogP contribution in [0.15, 0.2) is 18.2 Å². The van der Waals surface area contributed by atoms with Gasteiger partial charge in [-0.1, -0.05) is 6.07 Å². The Hall–Kier alpha value is -1.27. The number of hydrogen-bond acceptors (Lipinski definition) is 3. The number of aryl methyl sites for hydroxylation is 1. The first-order valence-electron chi connectivity index (χ1n) is 7.09. The fourth-order valence-corrected chi connectivity index (χ4v) is 3.31. The quantitative estimate of drug-likeness (QED) is 0.755. The van der Waals surface area contributed by atoms with Crippen molar-refractivity contribution in [2.45, 2.75) is 31.3 Å². The summed E-state index contributed by atoms with van der Waals surface area (Å²) in [5, 5.41) is 14.8. The highest BCUT2D eigenvalue weighted by molar-refractivity contribution is 7.98. The van der Waals surface area contributed by atoms with Gasteiger partial charge in [-0.25, -0.2) is 9.18 Å². The molecule has 1 aromatic carbocycles. The van der Waals surface area contributed by atoms with Crippen LogP contribution in [0, 0.1) is 5.82 Å². The molecule has 1 aliphatic rings. The maximum Gasteiger partial charge on any atom is 0.315 e. The van der Waals surface area contributed by atoms with E-state index in [1.54, 1.807) is 17.8 Å². The number of carbonyl (C=O) groups is 1. The minimum atomic E-state index is -0.275. The highest BCUT2D eigenvalue weighted by Crippen LogP contribution is 2.31. The van der Waals surface area contributed by atoms with Crippen LogP contribution in [0.25, 0.3) is 0 Å². The summed E-state index contributed by atoms with van der Waals surface area (Å²) in [5.74, 6) is 0.479. The molecular formula is C15H21FN2O2S. The first-order valence-corrected chi connectivity index (χ1v) is 8.48. The zero-order valence-electron chi connectivity index (χ0n) is 12.1. The van der Waals surface area contributed by atoms with E-state index in [-0.39, 0.29) is 30.5 Å². The molecule has 0 bridgehead atoms. The molecule has 0 heterocycles. The lowest BCUT2D eigenvalue weighted by atomic mass is 10.1. The number of thioether (sulfide) groups is 1. The summed E-state index contributed by atoms with van der Waals surface area (Å²) in [7, 11) is 0. The third-order valence-electron chi connectivity index (χ3n) is 3.67. The molecular weight excluding hydrogens is 291 g/mol. The van der Waals surface area contributed by atoms with Crippen LogP contribution >= 0.6 is 11.8 Å². The fourth-order valence-electron chi connectivity index (χ4n) is 2.66. The number of carbonyl (C=O) groups excluding carboxylic acids is 1. The lowest BCUT2D eigenvalue weighted by molar-refractivity contribution is 0.228. The second-order valence-electron chi connectivity index (χ2n) is 5.22. The molecule has 2 amide bonds. The van der Waals surface area contributed by atoms with Crippen LogP contribution in [0.4, 0.5) is 9.18 Å². The van der Waals surface area contributed by atoms with Crippen molar-refractivity contribution in [3.8, 4) is 0 Å². The molecule has 3 N–H and O–H groups in total. The van der Waals surface area contributed by atoms with Crippen molar-refractivity contribution in [2.24, 2.45) is 0 Å². The summed E-state index contributed by atoms with van der Waals surface area (Å²) in [4.78, 5) is 12.0. The first kappa shape index (κ1) is 16.1. The van der Waals surface area contributed by atoms with Crippen molar-refractivity contribution in [1.82, 2.24) is 10.6 Å². The summed E-state index contributed by atoms with van der Waals surface area (Å²) in [6.07, 6.45) is 4.13. The average molecular weight is 312 g/mol. The molecule has 2 unspecified atom stereocenters. The largest absolute Gasteiger partial charge is 0.396 e. The molecule has 116 valence electrons. The predicted molar refractivity (Wildman–Crippen MR) is 83.0 cm³/mol. The Labute approximate surface area is 128 Å². The van der Waals surface area contributed by atoms with Gasteiger partial charge in [0.25, 0.3) is 0 Å². The number of nitrogens with one attached hydrogen (secondary N) is 2. The lowest BCUT2D eigenvalue weighted by Gasteiger charge is -2.20. The van der Waals surface area contributed by atoms with Gasteiger partial charge in [-0.05, 0) is 48.8 Å². The van der Waals surface area contributed by atoms with Crippen molar-refractivity contribution in [3.05, 3.63) is 35.1 Å². The molecule has 0 aromatic heterocycles. The van der Waals surface area contributed by atoms with Crippen molar-refractivity contribution in [1.29, 1.82) is 0 Å². The lowest BCUT2D eigenvalue weighted by Crippen LogP contribution is -2.44. The van der Waals surface area contributed by atoms with E-state index in [2.05, 4.69) is 10.6 Å². The molecule has 0 radical (unpaired) electrons. The van der Waals surface area contributed by atoms with Crippen LogP contribution in [0.2, 0.25) is 0 Å². The summed E-state index contributed by atoms with van der Waals surface area (Å²) in [6, 6.07) is 4.28. The topological polar surface area (TPSA) is 61.4 Å². The van der Waals surface area contributed by atoms with Crippen molar-refractivity contribution in [2.75, 3.05) is 18.6 Å². The van der Waals surface area contributed by atoms with Gasteiger partial charge >= 0.3 is 6.03 Å². The Morgan fingerprint density at radius 1 is 1.57 bits per heavy atom. The monoisotopic (exact) mass is 312 g/mol. The number of benzene rings is 1. The number of halogens is 1. The van der Waals surface area contributed by atoms with Crippen LogP contribution in [0.5, 0.6) is 0 Å². The summed E-state index contributed by atoms with van der Waals surface area (Å²) < 4.78 is 13.3. The summed E-state index contributed by atoms with van der Waals surface area (Å²) >= 11 is 1.62. The van der Waals surface area contributed by atoms with E-state index < -0.39 is 0 Å². The van der Waals surface area contributed by atoms with Crippen LogP contribution in [-0.2, 0) is 6.42 Å². The third-order valence-corrected chi connectivity index (χ3v) is 4.41. The van der Waals surface area contributed by atoms with Crippen molar-refractivity contribution in [3.63, 3.8) is 0 Å². The van der Waals surface area contributed by atoms with Gasteiger partial charge in [-0.2, -0.15) is 11.8 Å². The van der Waals surface area contributed by atoms with Gasteiger partial charge in [0, 0.05) is 18.4 Å². The molecule has 0 spiro atoms. The van der Waals surface area contributed by atoms with Crippen molar-refractivity contribution >= 4 is 17.8 Å². The van der Waals surface area contributed by atoms with Gasteiger partial charge in [0.2, 0.25) is 0 Å². The number of amides is 2. The Kier molecular flexibility index (Phi) is 5.87. The van der Waals surface area contributed by atoms with Crippen LogP contribution in [0.3, 0.4) is 0 Å². The number of rotatable bonds is 6. The molecule has 0 saturated heterocycles. The zero-order chi connectivity index (χ0) is 15.2. The normalized spacial score (nSPS) is 18.1. The van der Waals surface area contributed by atoms with Gasteiger partial charge in [0.05, 0.1) is 6.04 Å². The van der Waals surface area contributed by atoms with Crippen molar-refractivity contribution < 1.29 is 14.3 Å². The standard InChI is InChI=1S/C15H21FN2O2S/c1-21-9-12(6-7-19)17-15(20)18-14-5-3-10-2-4-11(16)8-13(10)14/h2,4,8,12,14,19H,3,5-7,9H2,1H3,(H2,17,18,20). The second kappa shape index (κ2) is 7.66. The Bertz CT molecular complexity index is 493. The van der Waals surface area contributed by atoms with E-state index in [1.807, 2.05) is 6.26 Å². The average Bonchev–Trinajstić information content (AvgIpc) is 2.82. The fraction of sp³-hybridized carbons (Fsp3) is 0.533. The molecule has 0 saturated carbocycles. The maximum absolute atomic E-state index is 13.3.